The van der Waals surface area contributed by atoms with E-state index in [-0.39, 0.29) is 16.5 Å². The lowest BCUT2D eigenvalue weighted by molar-refractivity contribution is 0.485. The van der Waals surface area contributed by atoms with Crippen molar-refractivity contribution in [2.24, 2.45) is 0 Å². The molecule has 0 spiro atoms. The van der Waals surface area contributed by atoms with Crippen LogP contribution in [0.2, 0.25) is 0 Å². The van der Waals surface area contributed by atoms with Crippen molar-refractivity contribution in [1.82, 2.24) is 29.5 Å². The van der Waals surface area contributed by atoms with Gasteiger partial charge in [-0.05, 0) is 43.3 Å². The molecule has 182 valence electrons. The molecule has 6 rings (SSSR count). The topological polar surface area (TPSA) is 118 Å². The lowest BCUT2D eigenvalue weighted by Crippen LogP contribution is -2.49. The van der Waals surface area contributed by atoms with Gasteiger partial charge in [-0.25, -0.2) is 4.98 Å². The summed E-state index contributed by atoms with van der Waals surface area (Å²) < 4.78 is 28.1. The molecule has 4 heterocycles. The van der Waals surface area contributed by atoms with Crippen LogP contribution in [-0.2, 0) is 10.0 Å². The SMILES string of the molecule is C[C@@H]1CN(c2ccc(Nc3ncc4cnn(S(=O)(=O)c5cccc6cccnc56)c4n3)cc2)CCN1. The van der Waals surface area contributed by atoms with Crippen LogP contribution in [0.15, 0.2) is 78.1 Å². The Morgan fingerprint density at radius 1 is 1.00 bits per heavy atom. The zero-order valence-corrected chi connectivity index (χ0v) is 20.4. The summed E-state index contributed by atoms with van der Waals surface area (Å²) in [7, 11) is -4.05. The number of piperazine rings is 1. The number of fused-ring (bicyclic) bond motifs is 2. The average Bonchev–Trinajstić information content (AvgIpc) is 3.33. The van der Waals surface area contributed by atoms with Crippen molar-refractivity contribution < 1.29 is 8.42 Å². The summed E-state index contributed by atoms with van der Waals surface area (Å²) in [6.07, 6.45) is 4.57. The van der Waals surface area contributed by atoms with Crippen molar-refractivity contribution >= 4 is 49.3 Å². The maximum absolute atomic E-state index is 13.6. The van der Waals surface area contributed by atoms with Gasteiger partial charge < -0.3 is 15.5 Å². The van der Waals surface area contributed by atoms with Crippen LogP contribution in [0, 0.1) is 0 Å². The lowest BCUT2D eigenvalue weighted by Gasteiger charge is -2.33. The highest BCUT2D eigenvalue weighted by Crippen LogP contribution is 2.26. The Kier molecular flexibility index (Phi) is 5.50. The van der Waals surface area contributed by atoms with Gasteiger partial charge in [-0.2, -0.15) is 18.5 Å². The number of hydrogen-bond acceptors (Lipinski definition) is 9. The fraction of sp³-hybridized carbons (Fsp3) is 0.200. The monoisotopic (exact) mass is 500 g/mol. The number of nitrogens with one attached hydrogen (secondary N) is 2. The number of anilines is 3. The van der Waals surface area contributed by atoms with E-state index in [9.17, 15) is 8.42 Å². The van der Waals surface area contributed by atoms with Crippen LogP contribution in [0.3, 0.4) is 0 Å². The molecule has 11 heteroatoms. The molecule has 36 heavy (non-hydrogen) atoms. The molecular weight excluding hydrogens is 476 g/mol. The Bertz CT molecular complexity index is 1660. The van der Waals surface area contributed by atoms with Crippen molar-refractivity contribution in [3.05, 3.63) is 73.2 Å². The Balaban J connectivity index is 1.31. The largest absolute Gasteiger partial charge is 0.369 e. The maximum Gasteiger partial charge on any atom is 0.287 e. The molecule has 5 aromatic rings. The van der Waals surface area contributed by atoms with Crippen LogP contribution in [0.5, 0.6) is 0 Å². The third-order valence-corrected chi connectivity index (χ3v) is 7.85. The number of para-hydroxylation sites is 1. The zero-order valence-electron chi connectivity index (χ0n) is 19.5. The summed E-state index contributed by atoms with van der Waals surface area (Å²) >= 11 is 0. The Morgan fingerprint density at radius 3 is 2.67 bits per heavy atom. The Labute approximate surface area is 208 Å². The van der Waals surface area contributed by atoms with E-state index in [0.29, 0.717) is 16.9 Å². The van der Waals surface area contributed by atoms with Crippen LogP contribution in [-0.4, -0.2) is 58.2 Å². The molecule has 1 aliphatic heterocycles. The van der Waals surface area contributed by atoms with Gasteiger partial charge in [0.25, 0.3) is 10.0 Å². The van der Waals surface area contributed by atoms with Crippen LogP contribution >= 0.6 is 0 Å². The fourth-order valence-electron chi connectivity index (χ4n) is 4.46. The van der Waals surface area contributed by atoms with Gasteiger partial charge in [-0.15, -0.1) is 4.09 Å². The van der Waals surface area contributed by atoms with E-state index in [1.54, 1.807) is 24.5 Å². The molecular formula is C25H24N8O2S. The van der Waals surface area contributed by atoms with Crippen LogP contribution in [0.1, 0.15) is 6.92 Å². The fourth-order valence-corrected chi connectivity index (χ4v) is 5.86. The predicted molar refractivity (Wildman–Crippen MR) is 139 cm³/mol. The molecule has 0 amide bonds. The number of benzene rings is 2. The summed E-state index contributed by atoms with van der Waals surface area (Å²) in [6.45, 7) is 5.05. The zero-order chi connectivity index (χ0) is 24.7. The molecule has 3 aromatic heterocycles. The quantitative estimate of drug-likeness (QED) is 0.375. The summed E-state index contributed by atoms with van der Waals surface area (Å²) in [4.78, 5) is 15.5. The van der Waals surface area contributed by atoms with E-state index in [1.807, 2.05) is 24.3 Å². The van der Waals surface area contributed by atoms with Gasteiger partial charge in [0.15, 0.2) is 5.65 Å². The first-order valence-corrected chi connectivity index (χ1v) is 13.1. The number of pyridine rings is 1. The van der Waals surface area contributed by atoms with Gasteiger partial charge in [-0.3, -0.25) is 4.98 Å². The standard InChI is InChI=1S/C25H24N8O2S/c1-17-16-32(13-12-26-17)21-9-7-20(8-10-21)30-25-28-14-19-15-29-33(24(19)31-25)36(34,35)22-6-2-4-18-5-3-11-27-23(18)22/h2-11,14-15,17,26H,12-13,16H2,1H3,(H,28,30,31)/t17-/m1/s1. The molecule has 2 N–H and O–H groups in total. The molecule has 0 radical (unpaired) electrons. The van der Waals surface area contributed by atoms with Gasteiger partial charge in [0.05, 0.1) is 17.1 Å². The highest BCUT2D eigenvalue weighted by atomic mass is 32.2. The predicted octanol–water partition coefficient (Wildman–Crippen LogP) is 3.15. The van der Waals surface area contributed by atoms with Crippen molar-refractivity contribution in [2.75, 3.05) is 29.9 Å². The van der Waals surface area contributed by atoms with Gasteiger partial charge in [0.1, 0.15) is 4.90 Å². The average molecular weight is 501 g/mol. The van der Waals surface area contributed by atoms with Crippen molar-refractivity contribution in [3.63, 3.8) is 0 Å². The van der Waals surface area contributed by atoms with E-state index in [0.717, 1.165) is 40.5 Å². The number of hydrogen-bond donors (Lipinski definition) is 2. The summed E-state index contributed by atoms with van der Waals surface area (Å²) in [5.74, 6) is 0.277. The lowest BCUT2D eigenvalue weighted by atomic mass is 10.2. The minimum atomic E-state index is -4.05. The minimum Gasteiger partial charge on any atom is -0.369 e. The summed E-state index contributed by atoms with van der Waals surface area (Å²) in [5.41, 5.74) is 2.52. The number of aromatic nitrogens is 5. The second kappa shape index (κ2) is 8.85. The third kappa shape index (κ3) is 4.01. The van der Waals surface area contributed by atoms with Gasteiger partial charge in [0.2, 0.25) is 5.95 Å². The molecule has 0 bridgehead atoms. The second-order valence-corrected chi connectivity index (χ2v) is 10.5. The van der Waals surface area contributed by atoms with Crippen LogP contribution in [0.4, 0.5) is 17.3 Å². The second-order valence-electron chi connectivity index (χ2n) is 8.77. The van der Waals surface area contributed by atoms with Gasteiger partial charge in [0, 0.05) is 54.8 Å². The molecule has 0 unspecified atom stereocenters. The Hall–Kier alpha value is -4.09. The highest BCUT2D eigenvalue weighted by Gasteiger charge is 2.24. The maximum atomic E-state index is 13.6. The first-order valence-electron chi connectivity index (χ1n) is 11.6. The number of nitrogens with zero attached hydrogens (tertiary/aromatic N) is 6. The van der Waals surface area contributed by atoms with Crippen LogP contribution in [0.25, 0.3) is 21.9 Å². The summed E-state index contributed by atoms with van der Waals surface area (Å²) in [6, 6.07) is 17.1. The first-order chi connectivity index (χ1) is 17.5. The molecule has 2 aromatic carbocycles. The number of rotatable bonds is 5. The van der Waals surface area contributed by atoms with E-state index in [2.05, 4.69) is 54.6 Å². The van der Waals surface area contributed by atoms with E-state index < -0.39 is 10.0 Å². The molecule has 10 nitrogen and oxygen atoms in total. The molecule has 0 aliphatic carbocycles. The molecule has 0 saturated carbocycles. The van der Waals surface area contributed by atoms with Gasteiger partial charge in [-0.1, -0.05) is 18.2 Å². The highest BCUT2D eigenvalue weighted by molar-refractivity contribution is 7.90. The first kappa shape index (κ1) is 22.4. The van der Waals surface area contributed by atoms with Crippen molar-refractivity contribution in [3.8, 4) is 0 Å². The molecule has 1 saturated heterocycles. The van der Waals surface area contributed by atoms with Crippen LogP contribution < -0.4 is 15.5 Å². The normalized spacial score (nSPS) is 16.5. The smallest absolute Gasteiger partial charge is 0.287 e. The van der Waals surface area contributed by atoms with Crippen molar-refractivity contribution in [1.29, 1.82) is 0 Å². The van der Waals surface area contributed by atoms with Gasteiger partial charge >= 0.3 is 0 Å². The van der Waals surface area contributed by atoms with E-state index >= 15 is 0 Å². The van der Waals surface area contributed by atoms with Crippen molar-refractivity contribution in [2.45, 2.75) is 17.9 Å². The molecule has 1 aliphatic rings. The minimum absolute atomic E-state index is 0.0662. The summed E-state index contributed by atoms with van der Waals surface area (Å²) in [5, 5.41) is 12.0. The molecule has 1 fully saturated rings. The van der Waals surface area contributed by atoms with E-state index in [4.69, 9.17) is 0 Å². The van der Waals surface area contributed by atoms with E-state index in [1.165, 1.54) is 12.3 Å². The Morgan fingerprint density at radius 2 is 1.83 bits per heavy atom. The molecule has 1 atom stereocenters. The third-order valence-electron chi connectivity index (χ3n) is 6.24.